The van der Waals surface area contributed by atoms with E-state index < -0.39 is 31.0 Å². The van der Waals surface area contributed by atoms with Gasteiger partial charge in [0.1, 0.15) is 6.61 Å². The zero-order valence-corrected chi connectivity index (χ0v) is 8.50. The van der Waals surface area contributed by atoms with Crippen molar-refractivity contribution in [1.82, 2.24) is 5.32 Å². The van der Waals surface area contributed by atoms with Crippen LogP contribution in [-0.4, -0.2) is 49.8 Å². The molecule has 7 heteroatoms. The number of carbonyl (C=O) groups is 1. The van der Waals surface area contributed by atoms with Crippen molar-refractivity contribution in [2.45, 2.75) is 18.4 Å². The molecule has 0 spiro atoms. The highest BCUT2D eigenvalue weighted by atomic mass is 19.3. The zero-order chi connectivity index (χ0) is 11.9. The van der Waals surface area contributed by atoms with Crippen molar-refractivity contribution in [2.24, 2.45) is 5.73 Å². The number of hydrogen-bond donors (Lipinski definition) is 3. The monoisotopic (exact) mass is 226 g/mol. The fourth-order valence-corrected chi connectivity index (χ4v) is 0.779. The summed E-state index contributed by atoms with van der Waals surface area (Å²) in [7, 11) is 1.45. The number of alkyl halides is 2. The lowest BCUT2D eigenvalue weighted by atomic mass is 10.2. The lowest BCUT2D eigenvalue weighted by Crippen LogP contribution is -2.46. The Labute approximate surface area is 86.6 Å². The lowest BCUT2D eigenvalue weighted by Gasteiger charge is -2.16. The molecule has 90 valence electrons. The standard InChI is InChI=1S/C8H16F2N2O3/c1-15-3-2-6(11)7(14)12-4-8(9,10)5-13/h6,13H,2-5,11H2,1H3,(H,12,14). The van der Waals surface area contributed by atoms with Gasteiger partial charge >= 0.3 is 0 Å². The van der Waals surface area contributed by atoms with Gasteiger partial charge in [-0.2, -0.15) is 0 Å². The number of hydrogen-bond acceptors (Lipinski definition) is 4. The molecule has 0 saturated heterocycles. The van der Waals surface area contributed by atoms with Crippen molar-refractivity contribution in [3.05, 3.63) is 0 Å². The second kappa shape index (κ2) is 6.65. The van der Waals surface area contributed by atoms with Crippen LogP contribution in [0.2, 0.25) is 0 Å². The summed E-state index contributed by atoms with van der Waals surface area (Å²) in [5.41, 5.74) is 5.37. The molecule has 0 aromatic heterocycles. The minimum atomic E-state index is -3.31. The molecule has 0 radical (unpaired) electrons. The zero-order valence-electron chi connectivity index (χ0n) is 8.50. The van der Waals surface area contributed by atoms with Crippen LogP contribution in [0.25, 0.3) is 0 Å². The number of aliphatic hydroxyl groups excluding tert-OH is 1. The van der Waals surface area contributed by atoms with Crippen LogP contribution in [0.4, 0.5) is 8.78 Å². The Balaban J connectivity index is 3.82. The van der Waals surface area contributed by atoms with Gasteiger partial charge in [-0.1, -0.05) is 0 Å². The summed E-state index contributed by atoms with van der Waals surface area (Å²) in [5, 5.41) is 10.2. The van der Waals surface area contributed by atoms with Gasteiger partial charge in [0.25, 0.3) is 5.92 Å². The van der Waals surface area contributed by atoms with Crippen LogP contribution >= 0.6 is 0 Å². The van der Waals surface area contributed by atoms with Crippen LogP contribution in [-0.2, 0) is 9.53 Å². The number of nitrogens with two attached hydrogens (primary N) is 1. The molecule has 0 rings (SSSR count). The number of amides is 1. The normalized spacial score (nSPS) is 13.7. The van der Waals surface area contributed by atoms with E-state index in [1.165, 1.54) is 7.11 Å². The van der Waals surface area contributed by atoms with Crippen molar-refractivity contribution >= 4 is 5.91 Å². The Morgan fingerprint density at radius 1 is 1.67 bits per heavy atom. The van der Waals surface area contributed by atoms with Crippen LogP contribution in [0.5, 0.6) is 0 Å². The number of halogens is 2. The first-order valence-corrected chi connectivity index (χ1v) is 4.44. The van der Waals surface area contributed by atoms with Gasteiger partial charge in [0.05, 0.1) is 12.6 Å². The Bertz CT molecular complexity index is 202. The van der Waals surface area contributed by atoms with Crippen molar-refractivity contribution in [3.8, 4) is 0 Å². The summed E-state index contributed by atoms with van der Waals surface area (Å²) in [5.74, 6) is -3.99. The summed E-state index contributed by atoms with van der Waals surface area (Å²) < 4.78 is 29.7. The van der Waals surface area contributed by atoms with Crippen LogP contribution in [0.3, 0.4) is 0 Å². The number of methoxy groups -OCH3 is 1. The van der Waals surface area contributed by atoms with Crippen LogP contribution < -0.4 is 11.1 Å². The van der Waals surface area contributed by atoms with Gasteiger partial charge in [0.2, 0.25) is 5.91 Å². The van der Waals surface area contributed by atoms with Gasteiger partial charge < -0.3 is 20.9 Å². The lowest BCUT2D eigenvalue weighted by molar-refractivity contribution is -0.125. The summed E-state index contributed by atoms with van der Waals surface area (Å²) in [6, 6.07) is -0.876. The molecule has 1 atom stereocenters. The van der Waals surface area contributed by atoms with Crippen LogP contribution in [0.15, 0.2) is 0 Å². The van der Waals surface area contributed by atoms with Gasteiger partial charge in [-0.15, -0.1) is 0 Å². The highest BCUT2D eigenvalue weighted by Gasteiger charge is 2.28. The van der Waals surface area contributed by atoms with E-state index in [0.29, 0.717) is 0 Å². The molecule has 0 aromatic carbocycles. The molecule has 0 bridgehead atoms. The van der Waals surface area contributed by atoms with E-state index in [9.17, 15) is 13.6 Å². The first kappa shape index (κ1) is 14.2. The predicted octanol–water partition coefficient (Wildman–Crippen LogP) is -0.906. The first-order chi connectivity index (χ1) is 6.93. The van der Waals surface area contributed by atoms with E-state index >= 15 is 0 Å². The minimum Gasteiger partial charge on any atom is -0.390 e. The van der Waals surface area contributed by atoms with E-state index in [-0.39, 0.29) is 13.0 Å². The minimum absolute atomic E-state index is 0.257. The molecule has 4 N–H and O–H groups in total. The Morgan fingerprint density at radius 3 is 2.73 bits per heavy atom. The maximum absolute atomic E-state index is 12.5. The second-order valence-electron chi connectivity index (χ2n) is 3.12. The first-order valence-electron chi connectivity index (χ1n) is 4.44. The molecule has 15 heavy (non-hydrogen) atoms. The van der Waals surface area contributed by atoms with Gasteiger partial charge in [0, 0.05) is 13.7 Å². The van der Waals surface area contributed by atoms with E-state index in [0.717, 1.165) is 0 Å². The average molecular weight is 226 g/mol. The third kappa shape index (κ3) is 6.32. The van der Waals surface area contributed by atoms with E-state index in [1.54, 1.807) is 0 Å². The molecule has 0 aliphatic rings. The molecule has 0 saturated carbocycles. The highest BCUT2D eigenvalue weighted by molar-refractivity contribution is 5.81. The third-order valence-electron chi connectivity index (χ3n) is 1.72. The molecule has 1 unspecified atom stereocenters. The summed E-state index contributed by atoms with van der Waals surface area (Å²) >= 11 is 0. The van der Waals surface area contributed by atoms with E-state index in [4.69, 9.17) is 10.8 Å². The Hall–Kier alpha value is -0.790. The fraction of sp³-hybridized carbons (Fsp3) is 0.875. The highest BCUT2D eigenvalue weighted by Crippen LogP contribution is 2.09. The third-order valence-corrected chi connectivity index (χ3v) is 1.72. The molecule has 0 aliphatic carbocycles. The molecule has 5 nitrogen and oxygen atoms in total. The summed E-state index contributed by atoms with van der Waals surface area (Å²) in [6.07, 6.45) is 0.257. The topological polar surface area (TPSA) is 84.6 Å². The molecular weight excluding hydrogens is 210 g/mol. The number of ether oxygens (including phenoxy) is 1. The summed E-state index contributed by atoms with van der Waals surface area (Å²) in [4.78, 5) is 11.1. The Kier molecular flexibility index (Phi) is 6.30. The molecule has 0 fully saturated rings. The number of rotatable bonds is 7. The van der Waals surface area contributed by atoms with Crippen LogP contribution in [0.1, 0.15) is 6.42 Å². The van der Waals surface area contributed by atoms with Crippen molar-refractivity contribution < 1.29 is 23.4 Å². The number of nitrogens with one attached hydrogen (secondary N) is 1. The maximum atomic E-state index is 12.5. The average Bonchev–Trinajstić information content (AvgIpc) is 2.22. The maximum Gasteiger partial charge on any atom is 0.287 e. The van der Waals surface area contributed by atoms with Crippen LogP contribution in [0, 0.1) is 0 Å². The van der Waals surface area contributed by atoms with Gasteiger partial charge in [-0.25, -0.2) is 8.78 Å². The SMILES string of the molecule is COCCC(N)C(=O)NCC(F)(F)CO. The van der Waals surface area contributed by atoms with Crippen molar-refractivity contribution in [2.75, 3.05) is 26.9 Å². The number of aliphatic hydroxyl groups is 1. The quantitative estimate of drug-likeness (QED) is 0.525. The fourth-order valence-electron chi connectivity index (χ4n) is 0.779. The van der Waals surface area contributed by atoms with Gasteiger partial charge in [-0.05, 0) is 6.42 Å². The van der Waals surface area contributed by atoms with Gasteiger partial charge in [0.15, 0.2) is 0 Å². The van der Waals surface area contributed by atoms with E-state index in [1.807, 2.05) is 5.32 Å². The second-order valence-corrected chi connectivity index (χ2v) is 3.12. The van der Waals surface area contributed by atoms with E-state index in [2.05, 4.69) is 4.74 Å². The Morgan fingerprint density at radius 2 is 2.27 bits per heavy atom. The smallest absolute Gasteiger partial charge is 0.287 e. The molecule has 0 aliphatic heterocycles. The molecule has 0 aromatic rings. The van der Waals surface area contributed by atoms with Crippen molar-refractivity contribution in [3.63, 3.8) is 0 Å². The molecule has 1 amide bonds. The van der Waals surface area contributed by atoms with Crippen molar-refractivity contribution in [1.29, 1.82) is 0 Å². The summed E-state index contributed by atoms with van der Waals surface area (Å²) in [6.45, 7) is -1.94. The molecule has 0 heterocycles. The predicted molar refractivity (Wildman–Crippen MR) is 49.5 cm³/mol. The molecular formula is C8H16F2N2O3. The van der Waals surface area contributed by atoms with Gasteiger partial charge in [-0.3, -0.25) is 4.79 Å². The number of carbonyl (C=O) groups excluding carboxylic acids is 1. The largest absolute Gasteiger partial charge is 0.390 e.